The number of benzene rings is 4. The molecule has 1 aromatic heterocycles. The van der Waals surface area contributed by atoms with Crippen molar-refractivity contribution in [2.75, 3.05) is 4.90 Å². The molecule has 9 heteroatoms. The van der Waals surface area contributed by atoms with Gasteiger partial charge in [-0.1, -0.05) is 113 Å². The quantitative estimate of drug-likeness (QED) is 0.0596. The Balaban J connectivity index is 1.30. The molecule has 0 bridgehead atoms. The van der Waals surface area contributed by atoms with E-state index >= 15 is 0 Å². The molecule has 0 aliphatic carbocycles. The number of ketones is 1. The summed E-state index contributed by atoms with van der Waals surface area (Å²) in [6.07, 6.45) is 0. The molecule has 1 unspecified atom stereocenters. The van der Waals surface area contributed by atoms with Crippen molar-refractivity contribution in [1.29, 1.82) is 0 Å². The van der Waals surface area contributed by atoms with E-state index in [1.165, 1.54) is 28.0 Å². The van der Waals surface area contributed by atoms with Gasteiger partial charge >= 0.3 is 5.91 Å². The highest BCUT2D eigenvalue weighted by molar-refractivity contribution is 8.00. The van der Waals surface area contributed by atoms with Crippen LogP contribution >= 0.6 is 23.1 Å². The minimum Gasteiger partial charge on any atom is -0.507 e. The van der Waals surface area contributed by atoms with Crippen LogP contribution in [0.1, 0.15) is 39.4 Å². The SMILES string of the molecule is Cc1ccc(C2C(=C(O)c3ccc(OCc4cccc(C)c4)cc3)C(=O)C(=O)N2c2nnc(SCc3ccccc3)s2)cc1. The second-order valence-electron chi connectivity index (χ2n) is 10.5. The maximum absolute atomic E-state index is 13.5. The van der Waals surface area contributed by atoms with E-state index in [-0.39, 0.29) is 11.3 Å². The molecule has 1 fully saturated rings. The highest BCUT2D eigenvalue weighted by atomic mass is 32.2. The van der Waals surface area contributed by atoms with Crippen molar-refractivity contribution >= 4 is 45.7 Å². The second-order valence-corrected chi connectivity index (χ2v) is 12.7. The van der Waals surface area contributed by atoms with E-state index in [4.69, 9.17) is 4.74 Å². The van der Waals surface area contributed by atoms with Crippen LogP contribution in [0.5, 0.6) is 5.75 Å². The van der Waals surface area contributed by atoms with Gasteiger partial charge in [-0.3, -0.25) is 14.5 Å². The molecule has 0 spiro atoms. The van der Waals surface area contributed by atoms with Gasteiger partial charge in [0.25, 0.3) is 5.78 Å². The van der Waals surface area contributed by atoms with Crippen LogP contribution in [0.25, 0.3) is 5.76 Å². The fraction of sp³-hybridized carbons (Fsp3) is 0.143. The Bertz CT molecular complexity index is 1830. The van der Waals surface area contributed by atoms with Crippen LogP contribution in [-0.2, 0) is 21.9 Å². The third-order valence-corrected chi connectivity index (χ3v) is 9.39. The highest BCUT2D eigenvalue weighted by Crippen LogP contribution is 2.44. The van der Waals surface area contributed by atoms with Crippen LogP contribution in [0.3, 0.4) is 0 Å². The summed E-state index contributed by atoms with van der Waals surface area (Å²) in [5, 5.41) is 20.4. The first kappa shape index (κ1) is 29.3. The molecule has 0 radical (unpaired) electrons. The molecule has 0 saturated carbocycles. The summed E-state index contributed by atoms with van der Waals surface area (Å²) in [6.45, 7) is 4.40. The van der Waals surface area contributed by atoms with Crippen LogP contribution in [0, 0.1) is 13.8 Å². The number of carbonyl (C=O) groups excluding carboxylic acids is 2. The van der Waals surface area contributed by atoms with Crippen LogP contribution in [0.2, 0.25) is 0 Å². The van der Waals surface area contributed by atoms with Gasteiger partial charge in [0.15, 0.2) is 4.34 Å². The van der Waals surface area contributed by atoms with Gasteiger partial charge in [-0.2, -0.15) is 0 Å². The molecular weight excluding hydrogens is 591 g/mol. The van der Waals surface area contributed by atoms with Gasteiger partial charge in [0.05, 0.1) is 11.6 Å². The van der Waals surface area contributed by atoms with Gasteiger partial charge in [0.1, 0.15) is 18.1 Å². The van der Waals surface area contributed by atoms with E-state index in [0.29, 0.717) is 38.7 Å². The van der Waals surface area contributed by atoms with Gasteiger partial charge in [-0.25, -0.2) is 0 Å². The Kier molecular flexibility index (Phi) is 8.58. The summed E-state index contributed by atoms with van der Waals surface area (Å²) in [7, 11) is 0. The molecule has 220 valence electrons. The number of aliphatic hydroxyl groups excluding tert-OH is 1. The first-order chi connectivity index (χ1) is 21.4. The number of amides is 1. The maximum Gasteiger partial charge on any atom is 0.301 e. The molecule has 2 heterocycles. The zero-order valence-electron chi connectivity index (χ0n) is 24.1. The Morgan fingerprint density at radius 3 is 2.32 bits per heavy atom. The average molecular weight is 620 g/mol. The number of anilines is 1. The number of aliphatic hydroxyl groups is 1. The normalized spacial score (nSPS) is 16.0. The molecule has 5 aromatic rings. The van der Waals surface area contributed by atoms with Gasteiger partial charge in [0, 0.05) is 11.3 Å². The number of aromatic nitrogens is 2. The van der Waals surface area contributed by atoms with Gasteiger partial charge in [-0.15, -0.1) is 10.2 Å². The van der Waals surface area contributed by atoms with Crippen molar-refractivity contribution in [3.8, 4) is 5.75 Å². The fourth-order valence-corrected chi connectivity index (χ4v) is 6.83. The lowest BCUT2D eigenvalue weighted by molar-refractivity contribution is -0.132. The van der Waals surface area contributed by atoms with E-state index in [9.17, 15) is 14.7 Å². The van der Waals surface area contributed by atoms with E-state index in [1.807, 2.05) is 86.6 Å². The largest absolute Gasteiger partial charge is 0.507 e. The molecule has 44 heavy (non-hydrogen) atoms. The summed E-state index contributed by atoms with van der Waals surface area (Å²) >= 11 is 2.76. The van der Waals surface area contributed by atoms with Crippen LogP contribution in [-0.4, -0.2) is 27.0 Å². The van der Waals surface area contributed by atoms with Crippen LogP contribution in [0.15, 0.2) is 113 Å². The Hall–Kier alpha value is -4.73. The number of hydrogen-bond donors (Lipinski definition) is 1. The first-order valence-electron chi connectivity index (χ1n) is 14.0. The molecule has 1 N–H and O–H groups in total. The molecule has 1 amide bonds. The monoisotopic (exact) mass is 619 g/mol. The molecular formula is C35H29N3O4S2. The Morgan fingerprint density at radius 2 is 1.59 bits per heavy atom. The zero-order chi connectivity index (χ0) is 30.6. The predicted molar refractivity (Wildman–Crippen MR) is 174 cm³/mol. The summed E-state index contributed by atoms with van der Waals surface area (Å²) in [6, 6.07) is 31.6. The van der Waals surface area contributed by atoms with Gasteiger partial charge in [0.2, 0.25) is 5.13 Å². The number of thioether (sulfide) groups is 1. The van der Waals surface area contributed by atoms with Crippen LogP contribution in [0.4, 0.5) is 5.13 Å². The van der Waals surface area contributed by atoms with Crippen LogP contribution < -0.4 is 9.64 Å². The lowest BCUT2D eigenvalue weighted by atomic mass is 9.95. The maximum atomic E-state index is 13.5. The predicted octanol–water partition coefficient (Wildman–Crippen LogP) is 7.65. The summed E-state index contributed by atoms with van der Waals surface area (Å²) in [4.78, 5) is 28.4. The number of rotatable bonds is 9. The summed E-state index contributed by atoms with van der Waals surface area (Å²) < 4.78 is 6.61. The third-order valence-electron chi connectivity index (χ3n) is 7.26. The second kappa shape index (κ2) is 12.9. The van der Waals surface area contributed by atoms with E-state index in [0.717, 1.165) is 22.3 Å². The molecule has 6 rings (SSSR count). The number of aryl methyl sites for hydroxylation is 2. The van der Waals surface area contributed by atoms with E-state index in [2.05, 4.69) is 16.3 Å². The van der Waals surface area contributed by atoms with Gasteiger partial charge < -0.3 is 9.84 Å². The van der Waals surface area contributed by atoms with Crippen molar-refractivity contribution < 1.29 is 19.4 Å². The van der Waals surface area contributed by atoms with Crippen molar-refractivity contribution in [3.05, 3.63) is 142 Å². The molecule has 7 nitrogen and oxygen atoms in total. The van der Waals surface area contributed by atoms with Crippen molar-refractivity contribution in [1.82, 2.24) is 10.2 Å². The Morgan fingerprint density at radius 1 is 0.864 bits per heavy atom. The number of carbonyl (C=O) groups is 2. The molecule has 1 atom stereocenters. The Labute approximate surface area is 263 Å². The average Bonchev–Trinajstić information content (AvgIpc) is 3.61. The molecule has 1 saturated heterocycles. The standard InChI is InChI=1S/C35H29N3O4S2/c1-22-11-13-26(14-12-22)30-29(31(39)27-15-17-28(18-16-27)42-20-25-10-6-7-23(2)19-25)32(40)33(41)38(30)34-36-37-35(44-34)43-21-24-8-4-3-5-9-24/h3-19,30,39H,20-21H2,1-2H3. The van der Waals surface area contributed by atoms with Crippen molar-refractivity contribution in [3.63, 3.8) is 0 Å². The number of hydrogen-bond acceptors (Lipinski definition) is 8. The topological polar surface area (TPSA) is 92.6 Å². The number of nitrogens with zero attached hydrogens (tertiary/aromatic N) is 3. The smallest absolute Gasteiger partial charge is 0.301 e. The zero-order valence-corrected chi connectivity index (χ0v) is 25.8. The third kappa shape index (κ3) is 6.29. The molecule has 1 aliphatic rings. The minimum absolute atomic E-state index is 0.000899. The van der Waals surface area contributed by atoms with Crippen molar-refractivity contribution in [2.24, 2.45) is 0 Å². The van der Waals surface area contributed by atoms with E-state index in [1.54, 1.807) is 24.3 Å². The minimum atomic E-state index is -0.868. The van der Waals surface area contributed by atoms with Crippen molar-refractivity contribution in [2.45, 2.75) is 36.6 Å². The lowest BCUT2D eigenvalue weighted by Gasteiger charge is -2.22. The van der Waals surface area contributed by atoms with E-state index < -0.39 is 17.7 Å². The summed E-state index contributed by atoms with van der Waals surface area (Å²) in [5.41, 5.74) is 5.46. The fourth-order valence-electron chi connectivity index (χ4n) is 5.00. The molecule has 4 aromatic carbocycles. The molecule has 1 aliphatic heterocycles. The highest BCUT2D eigenvalue weighted by Gasteiger charge is 2.48. The number of ether oxygens (including phenoxy) is 1. The van der Waals surface area contributed by atoms with Gasteiger partial charge in [-0.05, 0) is 54.8 Å². The number of Topliss-reactive ketones (excluding diaryl/α,β-unsaturated/α-hetero) is 1. The first-order valence-corrected chi connectivity index (χ1v) is 15.8. The summed E-state index contributed by atoms with van der Waals surface area (Å²) in [5.74, 6) is -0.481. The lowest BCUT2D eigenvalue weighted by Crippen LogP contribution is -2.29.